The average molecular weight is 222 g/mol. The van der Waals surface area contributed by atoms with Crippen molar-refractivity contribution in [2.24, 2.45) is 0 Å². The summed E-state index contributed by atoms with van der Waals surface area (Å²) < 4.78 is 5.35. The molecule has 0 radical (unpaired) electrons. The molecule has 0 unspecified atom stereocenters. The molecule has 4 heteroatoms. The van der Waals surface area contributed by atoms with E-state index in [0.717, 1.165) is 31.7 Å². The Morgan fingerprint density at radius 1 is 1.56 bits per heavy atom. The van der Waals surface area contributed by atoms with Crippen molar-refractivity contribution < 1.29 is 9.21 Å². The van der Waals surface area contributed by atoms with Crippen LogP contribution in [0.3, 0.4) is 0 Å². The molecule has 0 bridgehead atoms. The van der Waals surface area contributed by atoms with Crippen LogP contribution in [0.1, 0.15) is 34.7 Å². The summed E-state index contributed by atoms with van der Waals surface area (Å²) >= 11 is 0. The summed E-state index contributed by atoms with van der Waals surface area (Å²) in [5.74, 6) is 1.45. The molecule has 1 aromatic heterocycles. The van der Waals surface area contributed by atoms with Gasteiger partial charge in [0.2, 0.25) is 0 Å². The summed E-state index contributed by atoms with van der Waals surface area (Å²) in [5, 5.41) is 6.30. The van der Waals surface area contributed by atoms with E-state index in [1.54, 1.807) is 6.07 Å². The summed E-state index contributed by atoms with van der Waals surface area (Å²) in [5.41, 5.74) is 0.656. The fraction of sp³-hybridized carbons (Fsp3) is 0.583. The van der Waals surface area contributed by atoms with Gasteiger partial charge in [0.15, 0.2) is 0 Å². The molecule has 2 N–H and O–H groups in total. The van der Waals surface area contributed by atoms with Gasteiger partial charge in [0.05, 0.1) is 5.56 Å². The van der Waals surface area contributed by atoms with Crippen molar-refractivity contribution in [2.45, 2.75) is 32.7 Å². The van der Waals surface area contributed by atoms with Crippen molar-refractivity contribution in [3.63, 3.8) is 0 Å². The number of rotatable bonds is 2. The maximum absolute atomic E-state index is 11.9. The van der Waals surface area contributed by atoms with E-state index >= 15 is 0 Å². The van der Waals surface area contributed by atoms with Gasteiger partial charge in [-0.3, -0.25) is 4.79 Å². The molecule has 0 spiro atoms. The van der Waals surface area contributed by atoms with Crippen LogP contribution in [-0.4, -0.2) is 25.0 Å². The predicted molar refractivity (Wildman–Crippen MR) is 61.5 cm³/mol. The molecule has 1 aliphatic rings. The van der Waals surface area contributed by atoms with Crippen LogP contribution < -0.4 is 10.6 Å². The van der Waals surface area contributed by atoms with Crippen molar-refractivity contribution in [3.05, 3.63) is 23.2 Å². The van der Waals surface area contributed by atoms with Gasteiger partial charge in [0.25, 0.3) is 5.91 Å². The third-order valence-corrected chi connectivity index (χ3v) is 2.92. The van der Waals surface area contributed by atoms with E-state index in [2.05, 4.69) is 10.6 Å². The Kier molecular flexibility index (Phi) is 3.29. The molecule has 88 valence electrons. The third-order valence-electron chi connectivity index (χ3n) is 2.92. The molecule has 1 aromatic rings. The SMILES string of the molecule is Cc1cc(C(=O)N[C@H]2CCCNC2)c(C)o1. The van der Waals surface area contributed by atoms with Crippen molar-refractivity contribution in [1.82, 2.24) is 10.6 Å². The quantitative estimate of drug-likeness (QED) is 0.794. The Morgan fingerprint density at radius 3 is 2.94 bits per heavy atom. The van der Waals surface area contributed by atoms with Gasteiger partial charge < -0.3 is 15.1 Å². The topological polar surface area (TPSA) is 54.3 Å². The van der Waals surface area contributed by atoms with Gasteiger partial charge in [-0.05, 0) is 39.3 Å². The number of hydrogen-bond acceptors (Lipinski definition) is 3. The lowest BCUT2D eigenvalue weighted by Crippen LogP contribution is -2.45. The van der Waals surface area contributed by atoms with Crippen LogP contribution in [0.25, 0.3) is 0 Å². The molecular formula is C12H18N2O2. The zero-order valence-electron chi connectivity index (χ0n) is 9.80. The highest BCUT2D eigenvalue weighted by Crippen LogP contribution is 2.14. The minimum Gasteiger partial charge on any atom is -0.466 e. The predicted octanol–water partition coefficient (Wildman–Crippen LogP) is 1.38. The second kappa shape index (κ2) is 4.70. The number of nitrogens with one attached hydrogen (secondary N) is 2. The first-order valence-corrected chi connectivity index (χ1v) is 5.75. The molecular weight excluding hydrogens is 204 g/mol. The Hall–Kier alpha value is -1.29. The van der Waals surface area contributed by atoms with Crippen molar-refractivity contribution >= 4 is 5.91 Å². The van der Waals surface area contributed by atoms with Crippen molar-refractivity contribution in [2.75, 3.05) is 13.1 Å². The number of aryl methyl sites for hydroxylation is 2. The Labute approximate surface area is 95.4 Å². The molecule has 1 saturated heterocycles. The summed E-state index contributed by atoms with van der Waals surface area (Å²) in [6.07, 6.45) is 2.17. The third kappa shape index (κ3) is 2.44. The van der Waals surface area contributed by atoms with Gasteiger partial charge in [0, 0.05) is 12.6 Å². The van der Waals surface area contributed by atoms with Gasteiger partial charge in [-0.15, -0.1) is 0 Å². The van der Waals surface area contributed by atoms with Crippen LogP contribution in [0, 0.1) is 13.8 Å². The fourth-order valence-corrected chi connectivity index (χ4v) is 2.09. The van der Waals surface area contributed by atoms with Crippen LogP contribution in [0.5, 0.6) is 0 Å². The number of amides is 1. The largest absolute Gasteiger partial charge is 0.466 e. The highest BCUT2D eigenvalue weighted by atomic mass is 16.3. The minimum atomic E-state index is -0.0250. The highest BCUT2D eigenvalue weighted by molar-refractivity contribution is 5.95. The van der Waals surface area contributed by atoms with E-state index < -0.39 is 0 Å². The molecule has 0 aromatic carbocycles. The lowest BCUT2D eigenvalue weighted by Gasteiger charge is -2.23. The van der Waals surface area contributed by atoms with E-state index in [-0.39, 0.29) is 11.9 Å². The lowest BCUT2D eigenvalue weighted by molar-refractivity contribution is 0.0929. The van der Waals surface area contributed by atoms with Gasteiger partial charge in [-0.1, -0.05) is 0 Å². The molecule has 16 heavy (non-hydrogen) atoms. The zero-order valence-corrected chi connectivity index (χ0v) is 9.80. The van der Waals surface area contributed by atoms with E-state index in [0.29, 0.717) is 11.3 Å². The fourth-order valence-electron chi connectivity index (χ4n) is 2.09. The molecule has 2 rings (SSSR count). The number of furan rings is 1. The average Bonchev–Trinajstić information content (AvgIpc) is 2.59. The van der Waals surface area contributed by atoms with Crippen molar-refractivity contribution in [1.29, 1.82) is 0 Å². The zero-order chi connectivity index (χ0) is 11.5. The van der Waals surface area contributed by atoms with Gasteiger partial charge in [-0.2, -0.15) is 0 Å². The molecule has 1 aliphatic heterocycles. The Balaban J connectivity index is 1.99. The number of carbonyl (C=O) groups is 1. The molecule has 1 amide bonds. The van der Waals surface area contributed by atoms with E-state index in [1.807, 2.05) is 13.8 Å². The van der Waals surface area contributed by atoms with Crippen LogP contribution in [0.4, 0.5) is 0 Å². The maximum atomic E-state index is 11.9. The van der Waals surface area contributed by atoms with Crippen LogP contribution in [-0.2, 0) is 0 Å². The van der Waals surface area contributed by atoms with E-state index in [9.17, 15) is 4.79 Å². The van der Waals surface area contributed by atoms with Crippen LogP contribution >= 0.6 is 0 Å². The van der Waals surface area contributed by atoms with Crippen LogP contribution in [0.15, 0.2) is 10.5 Å². The standard InChI is InChI=1S/C12H18N2O2/c1-8-6-11(9(2)16-8)12(15)14-10-4-3-5-13-7-10/h6,10,13H,3-5,7H2,1-2H3,(H,14,15)/t10-/m0/s1. The molecule has 0 aliphatic carbocycles. The van der Waals surface area contributed by atoms with Gasteiger partial charge >= 0.3 is 0 Å². The molecule has 2 heterocycles. The Morgan fingerprint density at radius 2 is 2.38 bits per heavy atom. The van der Waals surface area contributed by atoms with Gasteiger partial charge in [-0.25, -0.2) is 0 Å². The van der Waals surface area contributed by atoms with E-state index in [1.165, 1.54) is 0 Å². The second-order valence-electron chi connectivity index (χ2n) is 4.34. The lowest BCUT2D eigenvalue weighted by atomic mass is 10.1. The first-order valence-electron chi connectivity index (χ1n) is 5.75. The monoisotopic (exact) mass is 222 g/mol. The van der Waals surface area contributed by atoms with Crippen LogP contribution in [0.2, 0.25) is 0 Å². The number of hydrogen-bond donors (Lipinski definition) is 2. The minimum absolute atomic E-state index is 0.0250. The first kappa shape index (κ1) is 11.2. The normalized spacial score (nSPS) is 20.8. The van der Waals surface area contributed by atoms with Crippen molar-refractivity contribution in [3.8, 4) is 0 Å². The summed E-state index contributed by atoms with van der Waals surface area (Å²) in [6.45, 7) is 5.59. The number of piperidine rings is 1. The maximum Gasteiger partial charge on any atom is 0.255 e. The molecule has 0 saturated carbocycles. The summed E-state index contributed by atoms with van der Waals surface area (Å²) in [7, 11) is 0. The Bertz CT molecular complexity index is 378. The highest BCUT2D eigenvalue weighted by Gasteiger charge is 2.19. The van der Waals surface area contributed by atoms with Gasteiger partial charge in [0.1, 0.15) is 11.5 Å². The number of carbonyl (C=O) groups excluding carboxylic acids is 1. The smallest absolute Gasteiger partial charge is 0.255 e. The summed E-state index contributed by atoms with van der Waals surface area (Å²) in [6, 6.07) is 2.04. The summed E-state index contributed by atoms with van der Waals surface area (Å²) in [4.78, 5) is 11.9. The first-order chi connectivity index (χ1) is 7.66. The molecule has 1 atom stereocenters. The molecule has 1 fully saturated rings. The van der Waals surface area contributed by atoms with E-state index in [4.69, 9.17) is 4.42 Å². The molecule has 4 nitrogen and oxygen atoms in total. The second-order valence-corrected chi connectivity index (χ2v) is 4.34.